The molecule has 1 aromatic rings. The fourth-order valence-electron chi connectivity index (χ4n) is 1.27. The molecule has 18 heavy (non-hydrogen) atoms. The molecule has 0 spiro atoms. The molecule has 98 valence electrons. The lowest BCUT2D eigenvalue weighted by atomic mass is 10.3. The molecule has 4 heteroatoms. The Balaban J connectivity index is 2.42. The summed E-state index contributed by atoms with van der Waals surface area (Å²) in [6.45, 7) is 3.94. The Morgan fingerprint density at radius 1 is 1.44 bits per heavy atom. The smallest absolute Gasteiger partial charge is 0.347 e. The first-order chi connectivity index (χ1) is 8.63. The highest BCUT2D eigenvalue weighted by Crippen LogP contribution is 2.18. The summed E-state index contributed by atoms with van der Waals surface area (Å²) in [7, 11) is 0. The fraction of sp³-hybridized carbons (Fsp3) is 0.357. The van der Waals surface area contributed by atoms with Crippen LogP contribution < -0.4 is 4.74 Å². The zero-order valence-corrected chi connectivity index (χ0v) is 11.3. The summed E-state index contributed by atoms with van der Waals surface area (Å²) >= 11 is 5.82. The summed E-state index contributed by atoms with van der Waals surface area (Å²) in [6, 6.07) is 6.90. The Morgan fingerprint density at radius 2 is 2.22 bits per heavy atom. The van der Waals surface area contributed by atoms with E-state index in [-0.39, 0.29) is 6.61 Å². The highest BCUT2D eigenvalue weighted by Gasteiger charge is 2.15. The molecule has 0 bridgehead atoms. The van der Waals surface area contributed by atoms with E-state index in [1.54, 1.807) is 31.2 Å². The molecule has 3 nitrogen and oxygen atoms in total. The molecule has 0 aliphatic heterocycles. The average molecular weight is 269 g/mol. The molecule has 0 amide bonds. The Bertz CT molecular complexity index is 415. The van der Waals surface area contributed by atoms with Crippen LogP contribution in [0.15, 0.2) is 36.4 Å². The maximum absolute atomic E-state index is 11.6. The van der Waals surface area contributed by atoms with Gasteiger partial charge in [0.15, 0.2) is 6.10 Å². The maximum Gasteiger partial charge on any atom is 0.347 e. The average Bonchev–Trinajstić information content (AvgIpc) is 2.34. The number of carbonyl (C=O) groups excluding carboxylic acids is 1. The Hall–Kier alpha value is -1.48. The van der Waals surface area contributed by atoms with Crippen molar-refractivity contribution < 1.29 is 14.3 Å². The van der Waals surface area contributed by atoms with Gasteiger partial charge >= 0.3 is 5.97 Å². The van der Waals surface area contributed by atoms with Gasteiger partial charge in [-0.25, -0.2) is 4.79 Å². The van der Waals surface area contributed by atoms with Gasteiger partial charge in [-0.2, -0.15) is 0 Å². The number of esters is 1. The van der Waals surface area contributed by atoms with Crippen molar-refractivity contribution in [2.75, 3.05) is 6.61 Å². The number of hydrogen-bond acceptors (Lipinski definition) is 3. The van der Waals surface area contributed by atoms with E-state index in [0.29, 0.717) is 10.8 Å². The van der Waals surface area contributed by atoms with Crippen molar-refractivity contribution >= 4 is 17.6 Å². The lowest BCUT2D eigenvalue weighted by molar-refractivity contribution is -0.149. The number of benzene rings is 1. The minimum absolute atomic E-state index is 0.274. The second kappa shape index (κ2) is 7.77. The van der Waals surface area contributed by atoms with Crippen LogP contribution in [0.3, 0.4) is 0 Å². The molecule has 0 saturated carbocycles. The number of carbonyl (C=O) groups is 1. The first-order valence-corrected chi connectivity index (χ1v) is 6.25. The molecule has 1 unspecified atom stereocenters. The summed E-state index contributed by atoms with van der Waals surface area (Å²) in [5, 5.41) is 0.568. The molecule has 0 radical (unpaired) electrons. The summed E-state index contributed by atoms with van der Waals surface area (Å²) in [6.07, 6.45) is 4.02. The molecule has 0 saturated heterocycles. The number of hydrogen-bond donors (Lipinski definition) is 0. The number of halogens is 1. The van der Waals surface area contributed by atoms with Crippen LogP contribution in [0, 0.1) is 0 Å². The molecule has 0 N–H and O–H groups in total. The minimum atomic E-state index is -0.654. The van der Waals surface area contributed by atoms with E-state index < -0.39 is 12.1 Å². The topological polar surface area (TPSA) is 35.5 Å². The van der Waals surface area contributed by atoms with Crippen molar-refractivity contribution in [1.29, 1.82) is 0 Å². The van der Waals surface area contributed by atoms with Crippen LogP contribution in [0.4, 0.5) is 0 Å². The van der Waals surface area contributed by atoms with Gasteiger partial charge in [-0.3, -0.25) is 0 Å². The number of rotatable bonds is 6. The molecular formula is C14H17ClO3. The van der Waals surface area contributed by atoms with Crippen LogP contribution in [0.2, 0.25) is 5.02 Å². The van der Waals surface area contributed by atoms with Gasteiger partial charge in [-0.1, -0.05) is 36.7 Å². The summed E-state index contributed by atoms with van der Waals surface area (Å²) in [4.78, 5) is 11.6. The van der Waals surface area contributed by atoms with Gasteiger partial charge in [0.25, 0.3) is 0 Å². The third-order valence-corrected chi connectivity index (χ3v) is 2.40. The Morgan fingerprint density at radius 3 is 2.89 bits per heavy atom. The SMILES string of the molecule is CC/C=C/COC(=O)C(C)Oc1cccc(Cl)c1. The minimum Gasteiger partial charge on any atom is -0.479 e. The fourth-order valence-corrected chi connectivity index (χ4v) is 1.46. The van der Waals surface area contributed by atoms with Crippen LogP contribution in [-0.4, -0.2) is 18.7 Å². The molecule has 0 aromatic heterocycles. The van der Waals surface area contributed by atoms with E-state index in [0.717, 1.165) is 6.42 Å². The van der Waals surface area contributed by atoms with Crippen LogP contribution >= 0.6 is 11.6 Å². The summed E-state index contributed by atoms with van der Waals surface area (Å²) in [5.41, 5.74) is 0. The zero-order chi connectivity index (χ0) is 13.4. The molecule has 0 heterocycles. The van der Waals surface area contributed by atoms with Crippen LogP contribution in [0.1, 0.15) is 20.3 Å². The second-order valence-corrected chi connectivity index (χ2v) is 4.16. The van der Waals surface area contributed by atoms with E-state index in [1.165, 1.54) is 0 Å². The Kier molecular flexibility index (Phi) is 6.29. The molecule has 0 aliphatic rings. The van der Waals surface area contributed by atoms with Gasteiger partial charge < -0.3 is 9.47 Å². The van der Waals surface area contributed by atoms with Gasteiger partial charge in [0.05, 0.1) is 0 Å². The van der Waals surface area contributed by atoms with Crippen molar-refractivity contribution in [3.63, 3.8) is 0 Å². The van der Waals surface area contributed by atoms with Crippen molar-refractivity contribution in [2.45, 2.75) is 26.4 Å². The van der Waals surface area contributed by atoms with Crippen LogP contribution in [-0.2, 0) is 9.53 Å². The standard InChI is InChI=1S/C14H17ClO3/c1-3-4-5-9-17-14(16)11(2)18-13-8-6-7-12(15)10-13/h4-8,10-11H,3,9H2,1-2H3/b5-4+. The van der Waals surface area contributed by atoms with E-state index in [1.807, 2.05) is 19.1 Å². The molecule has 1 aromatic carbocycles. The van der Waals surface area contributed by atoms with Crippen LogP contribution in [0.25, 0.3) is 0 Å². The largest absolute Gasteiger partial charge is 0.479 e. The summed E-state index contributed by atoms with van der Waals surface area (Å²) in [5.74, 6) is 0.159. The monoisotopic (exact) mass is 268 g/mol. The summed E-state index contributed by atoms with van der Waals surface area (Å²) < 4.78 is 10.5. The Labute approximate surface area is 112 Å². The third-order valence-electron chi connectivity index (χ3n) is 2.17. The number of ether oxygens (including phenoxy) is 2. The van der Waals surface area contributed by atoms with Gasteiger partial charge in [0, 0.05) is 5.02 Å². The molecule has 1 atom stereocenters. The van der Waals surface area contributed by atoms with E-state index in [2.05, 4.69) is 0 Å². The van der Waals surface area contributed by atoms with E-state index in [4.69, 9.17) is 21.1 Å². The normalized spacial score (nSPS) is 12.4. The highest BCUT2D eigenvalue weighted by atomic mass is 35.5. The van der Waals surface area contributed by atoms with E-state index in [9.17, 15) is 4.79 Å². The zero-order valence-electron chi connectivity index (χ0n) is 10.6. The quantitative estimate of drug-likeness (QED) is 0.584. The van der Waals surface area contributed by atoms with Crippen molar-refractivity contribution in [3.8, 4) is 5.75 Å². The predicted molar refractivity (Wildman–Crippen MR) is 71.9 cm³/mol. The van der Waals surface area contributed by atoms with Gasteiger partial charge in [-0.15, -0.1) is 0 Å². The van der Waals surface area contributed by atoms with E-state index >= 15 is 0 Å². The van der Waals surface area contributed by atoms with Gasteiger partial charge in [0.1, 0.15) is 12.4 Å². The third kappa shape index (κ3) is 5.23. The highest BCUT2D eigenvalue weighted by molar-refractivity contribution is 6.30. The lowest BCUT2D eigenvalue weighted by Gasteiger charge is -2.13. The first kappa shape index (κ1) is 14.6. The predicted octanol–water partition coefficient (Wildman–Crippen LogP) is 3.62. The lowest BCUT2D eigenvalue weighted by Crippen LogP contribution is -2.26. The van der Waals surface area contributed by atoms with Crippen molar-refractivity contribution in [2.24, 2.45) is 0 Å². The van der Waals surface area contributed by atoms with Gasteiger partial charge in [-0.05, 0) is 31.5 Å². The van der Waals surface area contributed by atoms with Gasteiger partial charge in [0.2, 0.25) is 0 Å². The van der Waals surface area contributed by atoms with Crippen molar-refractivity contribution in [1.82, 2.24) is 0 Å². The second-order valence-electron chi connectivity index (χ2n) is 3.73. The molecule has 0 fully saturated rings. The number of allylic oxidation sites excluding steroid dienone is 1. The first-order valence-electron chi connectivity index (χ1n) is 5.87. The van der Waals surface area contributed by atoms with Crippen molar-refractivity contribution in [3.05, 3.63) is 41.4 Å². The molecule has 1 rings (SSSR count). The maximum atomic E-state index is 11.6. The molecular weight excluding hydrogens is 252 g/mol. The molecule has 0 aliphatic carbocycles. The van der Waals surface area contributed by atoms with Crippen LogP contribution in [0.5, 0.6) is 5.75 Å².